The van der Waals surface area contributed by atoms with Crippen LogP contribution in [0.25, 0.3) is 0 Å². The zero-order valence-corrected chi connectivity index (χ0v) is 9.52. The molecule has 0 amide bonds. The Morgan fingerprint density at radius 1 is 1.25 bits per heavy atom. The van der Waals surface area contributed by atoms with Crippen LogP contribution >= 0.6 is 0 Å². The zero-order chi connectivity index (χ0) is 12.6. The first-order chi connectivity index (χ1) is 7.21. The summed E-state index contributed by atoms with van der Waals surface area (Å²) < 4.78 is 41.2. The van der Waals surface area contributed by atoms with Crippen molar-refractivity contribution in [3.05, 3.63) is 35.1 Å². The first kappa shape index (κ1) is 13.0. The van der Waals surface area contributed by atoms with Crippen molar-refractivity contribution in [2.24, 2.45) is 0 Å². The summed E-state index contributed by atoms with van der Waals surface area (Å²) in [4.78, 5) is 0. The number of aryl methyl sites for hydroxylation is 1. The van der Waals surface area contributed by atoms with E-state index in [2.05, 4.69) is 0 Å². The second-order valence-corrected chi connectivity index (χ2v) is 4.27. The normalized spacial score (nSPS) is 12.9. The van der Waals surface area contributed by atoms with Crippen LogP contribution in [0.1, 0.15) is 31.9 Å². The summed E-state index contributed by atoms with van der Waals surface area (Å²) in [5.41, 5.74) is -2.82. The van der Waals surface area contributed by atoms with Gasteiger partial charge in [0.25, 0.3) is 0 Å². The number of aliphatic hydroxyl groups is 1. The SMILES string of the molecule is CCc1cccc(C(F)(F)C(C)(C)O)c1F. The van der Waals surface area contributed by atoms with E-state index in [-0.39, 0.29) is 5.56 Å². The first-order valence-corrected chi connectivity index (χ1v) is 5.10. The van der Waals surface area contributed by atoms with Crippen molar-refractivity contribution in [2.45, 2.75) is 38.7 Å². The van der Waals surface area contributed by atoms with Crippen LogP contribution in [0.3, 0.4) is 0 Å². The summed E-state index contributed by atoms with van der Waals surface area (Å²) in [5, 5.41) is 9.37. The Hall–Kier alpha value is -1.03. The van der Waals surface area contributed by atoms with Crippen molar-refractivity contribution in [3.63, 3.8) is 0 Å². The van der Waals surface area contributed by atoms with Gasteiger partial charge < -0.3 is 5.11 Å². The van der Waals surface area contributed by atoms with E-state index in [1.807, 2.05) is 0 Å². The van der Waals surface area contributed by atoms with Gasteiger partial charge in [-0.25, -0.2) is 4.39 Å². The highest BCUT2D eigenvalue weighted by Gasteiger charge is 2.48. The van der Waals surface area contributed by atoms with Gasteiger partial charge in [-0.05, 0) is 31.9 Å². The van der Waals surface area contributed by atoms with Crippen molar-refractivity contribution < 1.29 is 18.3 Å². The maximum Gasteiger partial charge on any atom is 0.303 e. The molecule has 0 bridgehead atoms. The fourth-order valence-corrected chi connectivity index (χ4v) is 1.42. The molecule has 0 aliphatic rings. The van der Waals surface area contributed by atoms with E-state index in [1.165, 1.54) is 12.1 Å². The minimum atomic E-state index is -3.61. The molecule has 0 aliphatic heterocycles. The predicted molar refractivity (Wildman–Crippen MR) is 56.0 cm³/mol. The van der Waals surface area contributed by atoms with Gasteiger partial charge in [-0.2, -0.15) is 8.78 Å². The third-order valence-corrected chi connectivity index (χ3v) is 2.57. The molecule has 0 aromatic heterocycles. The van der Waals surface area contributed by atoms with Crippen molar-refractivity contribution in [1.82, 2.24) is 0 Å². The quantitative estimate of drug-likeness (QED) is 0.848. The lowest BCUT2D eigenvalue weighted by Crippen LogP contribution is -2.41. The van der Waals surface area contributed by atoms with E-state index in [0.717, 1.165) is 19.9 Å². The first-order valence-electron chi connectivity index (χ1n) is 5.10. The summed E-state index contributed by atoms with van der Waals surface area (Å²) in [6.07, 6.45) is 0.335. The molecule has 0 spiro atoms. The molecule has 4 heteroatoms. The van der Waals surface area contributed by atoms with Gasteiger partial charge in [0.2, 0.25) is 0 Å². The van der Waals surface area contributed by atoms with Crippen LogP contribution < -0.4 is 0 Å². The Morgan fingerprint density at radius 2 is 1.81 bits per heavy atom. The summed E-state index contributed by atoms with van der Waals surface area (Å²) in [5.74, 6) is -4.54. The molecule has 0 saturated carbocycles. The fraction of sp³-hybridized carbons (Fsp3) is 0.500. The van der Waals surface area contributed by atoms with Crippen LogP contribution in [-0.4, -0.2) is 10.7 Å². The van der Waals surface area contributed by atoms with E-state index >= 15 is 0 Å². The average molecular weight is 232 g/mol. The summed E-state index contributed by atoms with van der Waals surface area (Å²) >= 11 is 0. The standard InChI is InChI=1S/C12H15F3O/c1-4-8-6-5-7-9(10(8)13)12(14,15)11(2,3)16/h5-7,16H,4H2,1-3H3. The molecule has 0 atom stereocenters. The van der Waals surface area contributed by atoms with Gasteiger partial charge in [0.15, 0.2) is 0 Å². The summed E-state index contributed by atoms with van der Waals surface area (Å²) in [6, 6.07) is 3.84. The number of halogens is 3. The van der Waals surface area contributed by atoms with Crippen molar-refractivity contribution in [3.8, 4) is 0 Å². The van der Waals surface area contributed by atoms with E-state index in [1.54, 1.807) is 6.92 Å². The third kappa shape index (κ3) is 2.07. The molecule has 0 unspecified atom stereocenters. The van der Waals surface area contributed by atoms with E-state index in [4.69, 9.17) is 0 Å². The maximum atomic E-state index is 13.8. The summed E-state index contributed by atoms with van der Waals surface area (Å²) in [6.45, 7) is 3.61. The highest BCUT2D eigenvalue weighted by molar-refractivity contribution is 5.31. The molecule has 1 aromatic rings. The molecule has 1 N–H and O–H groups in total. The van der Waals surface area contributed by atoms with Crippen LogP contribution in [0.15, 0.2) is 18.2 Å². The second-order valence-electron chi connectivity index (χ2n) is 4.27. The van der Waals surface area contributed by atoms with E-state index in [9.17, 15) is 18.3 Å². The lowest BCUT2D eigenvalue weighted by Gasteiger charge is -2.29. The number of rotatable bonds is 3. The molecule has 1 rings (SSSR count). The highest BCUT2D eigenvalue weighted by Crippen LogP contribution is 2.40. The summed E-state index contributed by atoms with van der Waals surface area (Å²) in [7, 11) is 0. The van der Waals surface area contributed by atoms with Gasteiger partial charge in [0.1, 0.15) is 11.4 Å². The van der Waals surface area contributed by atoms with E-state index in [0.29, 0.717) is 6.42 Å². The molecule has 0 radical (unpaired) electrons. The van der Waals surface area contributed by atoms with Crippen molar-refractivity contribution in [1.29, 1.82) is 0 Å². The number of hydrogen-bond acceptors (Lipinski definition) is 1. The second kappa shape index (κ2) is 4.09. The van der Waals surface area contributed by atoms with Gasteiger partial charge >= 0.3 is 5.92 Å². The predicted octanol–water partition coefficient (Wildman–Crippen LogP) is 3.25. The largest absolute Gasteiger partial charge is 0.384 e. The highest BCUT2D eigenvalue weighted by atomic mass is 19.3. The van der Waals surface area contributed by atoms with Gasteiger partial charge in [0.05, 0.1) is 5.56 Å². The maximum absolute atomic E-state index is 13.8. The smallest absolute Gasteiger partial charge is 0.303 e. The molecular formula is C12H15F3O. The van der Waals surface area contributed by atoms with Crippen molar-refractivity contribution in [2.75, 3.05) is 0 Å². The Kier molecular flexibility index (Phi) is 3.33. The molecule has 16 heavy (non-hydrogen) atoms. The lowest BCUT2D eigenvalue weighted by atomic mass is 9.91. The van der Waals surface area contributed by atoms with Gasteiger partial charge in [-0.1, -0.05) is 19.1 Å². The van der Waals surface area contributed by atoms with Crippen LogP contribution in [0, 0.1) is 5.82 Å². The topological polar surface area (TPSA) is 20.2 Å². The molecule has 1 nitrogen and oxygen atoms in total. The third-order valence-electron chi connectivity index (χ3n) is 2.57. The Balaban J connectivity index is 3.34. The van der Waals surface area contributed by atoms with Gasteiger partial charge in [-0.3, -0.25) is 0 Å². The molecule has 0 saturated heterocycles. The Labute approximate surface area is 92.9 Å². The number of alkyl halides is 2. The van der Waals surface area contributed by atoms with E-state index < -0.39 is 22.9 Å². The van der Waals surface area contributed by atoms with Crippen LogP contribution in [-0.2, 0) is 12.3 Å². The fourth-order valence-electron chi connectivity index (χ4n) is 1.42. The number of hydrogen-bond donors (Lipinski definition) is 1. The van der Waals surface area contributed by atoms with Crippen LogP contribution in [0.4, 0.5) is 13.2 Å². The van der Waals surface area contributed by atoms with Crippen molar-refractivity contribution >= 4 is 0 Å². The molecule has 90 valence electrons. The minimum absolute atomic E-state index is 0.224. The van der Waals surface area contributed by atoms with Gasteiger partial charge in [-0.15, -0.1) is 0 Å². The number of benzene rings is 1. The molecular weight excluding hydrogens is 217 g/mol. The van der Waals surface area contributed by atoms with Gasteiger partial charge in [0, 0.05) is 0 Å². The zero-order valence-electron chi connectivity index (χ0n) is 9.52. The van der Waals surface area contributed by atoms with Crippen LogP contribution in [0.5, 0.6) is 0 Å². The lowest BCUT2D eigenvalue weighted by molar-refractivity contribution is -0.170. The average Bonchev–Trinajstić information content (AvgIpc) is 2.16. The molecule has 0 heterocycles. The minimum Gasteiger partial charge on any atom is -0.384 e. The monoisotopic (exact) mass is 232 g/mol. The molecule has 0 aliphatic carbocycles. The molecule has 1 aromatic carbocycles. The van der Waals surface area contributed by atoms with Crippen LogP contribution in [0.2, 0.25) is 0 Å². The Bertz CT molecular complexity index is 380. The molecule has 0 fully saturated rings. The Morgan fingerprint density at radius 3 is 2.25 bits per heavy atom.